The predicted octanol–water partition coefficient (Wildman–Crippen LogP) is 2.00. The van der Waals surface area contributed by atoms with Crippen LogP contribution in [-0.4, -0.2) is 31.6 Å². The van der Waals surface area contributed by atoms with Gasteiger partial charge in [0, 0.05) is 32.4 Å². The van der Waals surface area contributed by atoms with E-state index in [0.717, 1.165) is 11.3 Å². The zero-order valence-corrected chi connectivity index (χ0v) is 14.9. The third-order valence-electron chi connectivity index (χ3n) is 4.38. The average molecular weight is 356 g/mol. The van der Waals surface area contributed by atoms with Crippen molar-refractivity contribution in [1.29, 1.82) is 0 Å². The molecule has 1 heterocycles. The second kappa shape index (κ2) is 9.01. The lowest BCUT2D eigenvalue weighted by molar-refractivity contribution is -0.136. The molecule has 0 radical (unpaired) electrons. The molecule has 1 saturated heterocycles. The molecule has 24 heavy (non-hydrogen) atoms. The summed E-state index contributed by atoms with van der Waals surface area (Å²) in [6.45, 7) is 4.84. The molecule has 2 rings (SSSR count). The van der Waals surface area contributed by atoms with Crippen LogP contribution >= 0.6 is 12.4 Å². The summed E-state index contributed by atoms with van der Waals surface area (Å²) >= 11 is 0. The smallest absolute Gasteiger partial charge is 0.228 e. The van der Waals surface area contributed by atoms with E-state index in [1.165, 1.54) is 6.92 Å². The fraction of sp³-hybridized carbons (Fsp3) is 0.529. The maximum Gasteiger partial charge on any atom is 0.228 e. The number of anilines is 1. The standard InChI is InChI=1S/C17H25N3O3.ClH/c1-12(14-4-3-5-15(10-14)20-13(2)21)19-16(22)17(11-18)6-8-23-9-7-17;/h3-5,10,12H,6-9,11,18H2,1-2H3,(H,19,22)(H,20,21);1H. The molecule has 1 aliphatic heterocycles. The van der Waals surface area contributed by atoms with Gasteiger partial charge in [-0.15, -0.1) is 12.4 Å². The van der Waals surface area contributed by atoms with E-state index in [1.807, 2.05) is 31.2 Å². The highest BCUT2D eigenvalue weighted by Gasteiger charge is 2.39. The minimum atomic E-state index is -0.540. The predicted molar refractivity (Wildman–Crippen MR) is 96.1 cm³/mol. The van der Waals surface area contributed by atoms with E-state index >= 15 is 0 Å². The summed E-state index contributed by atoms with van der Waals surface area (Å²) in [5, 5.41) is 5.80. The Bertz CT molecular complexity index is 574. The van der Waals surface area contributed by atoms with Crippen LogP contribution in [0.4, 0.5) is 5.69 Å². The molecule has 1 aliphatic rings. The van der Waals surface area contributed by atoms with Crippen molar-refractivity contribution in [1.82, 2.24) is 5.32 Å². The molecule has 0 saturated carbocycles. The minimum Gasteiger partial charge on any atom is -0.381 e. The Hall–Kier alpha value is -1.63. The fourth-order valence-corrected chi connectivity index (χ4v) is 2.81. The van der Waals surface area contributed by atoms with Crippen LogP contribution in [0.1, 0.15) is 38.3 Å². The van der Waals surface area contributed by atoms with Gasteiger partial charge in [-0.25, -0.2) is 0 Å². The largest absolute Gasteiger partial charge is 0.381 e. The van der Waals surface area contributed by atoms with Crippen molar-refractivity contribution in [3.63, 3.8) is 0 Å². The Balaban J connectivity index is 0.00000288. The monoisotopic (exact) mass is 355 g/mol. The highest BCUT2D eigenvalue weighted by molar-refractivity contribution is 5.88. The number of hydrogen-bond donors (Lipinski definition) is 3. The zero-order chi connectivity index (χ0) is 16.9. The zero-order valence-electron chi connectivity index (χ0n) is 14.1. The van der Waals surface area contributed by atoms with Crippen molar-refractivity contribution in [2.24, 2.45) is 11.1 Å². The molecule has 1 fully saturated rings. The third kappa shape index (κ3) is 4.93. The summed E-state index contributed by atoms with van der Waals surface area (Å²) < 4.78 is 5.34. The van der Waals surface area contributed by atoms with E-state index in [4.69, 9.17) is 10.5 Å². The maximum atomic E-state index is 12.7. The van der Waals surface area contributed by atoms with Crippen molar-refractivity contribution < 1.29 is 14.3 Å². The first-order chi connectivity index (χ1) is 11.0. The van der Waals surface area contributed by atoms with Crippen LogP contribution in [0.3, 0.4) is 0 Å². The van der Waals surface area contributed by atoms with Gasteiger partial charge in [0.25, 0.3) is 0 Å². The Labute approximate surface area is 148 Å². The first kappa shape index (κ1) is 20.4. The topological polar surface area (TPSA) is 93.5 Å². The summed E-state index contributed by atoms with van der Waals surface area (Å²) in [6, 6.07) is 7.30. The highest BCUT2D eigenvalue weighted by atomic mass is 35.5. The van der Waals surface area contributed by atoms with Gasteiger partial charge in [-0.3, -0.25) is 9.59 Å². The molecule has 0 aromatic heterocycles. The van der Waals surface area contributed by atoms with Crippen molar-refractivity contribution in [2.45, 2.75) is 32.7 Å². The van der Waals surface area contributed by atoms with E-state index in [2.05, 4.69) is 10.6 Å². The number of rotatable bonds is 5. The first-order valence-corrected chi connectivity index (χ1v) is 7.93. The number of hydrogen-bond acceptors (Lipinski definition) is 4. The van der Waals surface area contributed by atoms with Gasteiger partial charge in [-0.05, 0) is 37.5 Å². The van der Waals surface area contributed by atoms with Gasteiger partial charge < -0.3 is 21.1 Å². The van der Waals surface area contributed by atoms with Crippen LogP contribution in [0.5, 0.6) is 0 Å². The molecule has 0 spiro atoms. The van der Waals surface area contributed by atoms with Crippen molar-refractivity contribution in [3.8, 4) is 0 Å². The molecule has 2 amide bonds. The summed E-state index contributed by atoms with van der Waals surface area (Å²) in [5.74, 6) is -0.149. The molecule has 1 aromatic carbocycles. The molecule has 0 aliphatic carbocycles. The van der Waals surface area contributed by atoms with Crippen LogP contribution < -0.4 is 16.4 Å². The Morgan fingerprint density at radius 3 is 2.58 bits per heavy atom. The van der Waals surface area contributed by atoms with Crippen LogP contribution in [0.15, 0.2) is 24.3 Å². The maximum absolute atomic E-state index is 12.7. The summed E-state index contributed by atoms with van der Waals surface area (Å²) in [4.78, 5) is 23.8. The average Bonchev–Trinajstić information content (AvgIpc) is 2.55. The van der Waals surface area contributed by atoms with Crippen LogP contribution in [-0.2, 0) is 14.3 Å². The molecule has 0 bridgehead atoms. The number of halogens is 1. The van der Waals surface area contributed by atoms with Gasteiger partial charge in [0.15, 0.2) is 0 Å². The van der Waals surface area contributed by atoms with Gasteiger partial charge >= 0.3 is 0 Å². The second-order valence-electron chi connectivity index (χ2n) is 6.10. The third-order valence-corrected chi connectivity index (χ3v) is 4.38. The molecular formula is C17H26ClN3O3. The quantitative estimate of drug-likeness (QED) is 0.753. The number of nitrogens with one attached hydrogen (secondary N) is 2. The van der Waals surface area contributed by atoms with E-state index in [1.54, 1.807) is 0 Å². The van der Waals surface area contributed by atoms with E-state index in [-0.39, 0.29) is 30.3 Å². The lowest BCUT2D eigenvalue weighted by atomic mass is 9.79. The van der Waals surface area contributed by atoms with Gasteiger partial charge in [0.05, 0.1) is 11.5 Å². The number of carbonyl (C=O) groups is 2. The van der Waals surface area contributed by atoms with E-state index < -0.39 is 5.41 Å². The number of ether oxygens (including phenoxy) is 1. The summed E-state index contributed by atoms with van der Waals surface area (Å²) in [5.41, 5.74) is 6.98. The molecule has 6 nitrogen and oxygen atoms in total. The Morgan fingerprint density at radius 2 is 2.00 bits per heavy atom. The Morgan fingerprint density at radius 1 is 1.33 bits per heavy atom. The van der Waals surface area contributed by atoms with E-state index in [0.29, 0.717) is 32.6 Å². The number of nitrogens with two attached hydrogens (primary N) is 1. The molecular weight excluding hydrogens is 330 g/mol. The second-order valence-corrected chi connectivity index (χ2v) is 6.10. The summed E-state index contributed by atoms with van der Waals surface area (Å²) in [7, 11) is 0. The number of carbonyl (C=O) groups excluding carboxylic acids is 2. The first-order valence-electron chi connectivity index (χ1n) is 7.93. The molecule has 1 atom stereocenters. The normalized spacial score (nSPS) is 17.3. The lowest BCUT2D eigenvalue weighted by Gasteiger charge is -2.35. The highest BCUT2D eigenvalue weighted by Crippen LogP contribution is 2.30. The van der Waals surface area contributed by atoms with Crippen LogP contribution in [0, 0.1) is 5.41 Å². The lowest BCUT2D eigenvalue weighted by Crippen LogP contribution is -2.49. The molecule has 134 valence electrons. The molecule has 1 aromatic rings. The van der Waals surface area contributed by atoms with Crippen LogP contribution in [0.25, 0.3) is 0 Å². The van der Waals surface area contributed by atoms with Crippen LogP contribution in [0.2, 0.25) is 0 Å². The van der Waals surface area contributed by atoms with Gasteiger partial charge in [-0.1, -0.05) is 12.1 Å². The molecule has 4 N–H and O–H groups in total. The number of benzene rings is 1. The molecule has 7 heteroatoms. The molecule has 1 unspecified atom stereocenters. The fourth-order valence-electron chi connectivity index (χ4n) is 2.81. The number of amides is 2. The van der Waals surface area contributed by atoms with Gasteiger partial charge in [0.2, 0.25) is 11.8 Å². The summed E-state index contributed by atoms with van der Waals surface area (Å²) in [6.07, 6.45) is 1.29. The van der Waals surface area contributed by atoms with Crippen molar-refractivity contribution in [2.75, 3.05) is 25.1 Å². The van der Waals surface area contributed by atoms with Gasteiger partial charge in [-0.2, -0.15) is 0 Å². The van der Waals surface area contributed by atoms with Gasteiger partial charge in [0.1, 0.15) is 0 Å². The minimum absolute atomic E-state index is 0. The van der Waals surface area contributed by atoms with E-state index in [9.17, 15) is 9.59 Å². The SMILES string of the molecule is CC(=O)Nc1cccc(C(C)NC(=O)C2(CN)CCOCC2)c1.Cl. The Kier molecular flexibility index (Phi) is 7.66. The van der Waals surface area contributed by atoms with Crippen molar-refractivity contribution in [3.05, 3.63) is 29.8 Å². The van der Waals surface area contributed by atoms with Crippen molar-refractivity contribution >= 4 is 29.9 Å².